The molecule has 19 heavy (non-hydrogen) atoms. The van der Waals surface area contributed by atoms with Gasteiger partial charge < -0.3 is 5.32 Å². The normalized spacial score (nSPS) is 23.4. The van der Waals surface area contributed by atoms with Gasteiger partial charge >= 0.3 is 0 Å². The van der Waals surface area contributed by atoms with E-state index in [0.717, 1.165) is 25.4 Å². The van der Waals surface area contributed by atoms with Gasteiger partial charge in [0.05, 0.1) is 5.75 Å². The van der Waals surface area contributed by atoms with Crippen LogP contribution >= 0.6 is 0 Å². The van der Waals surface area contributed by atoms with Crippen molar-refractivity contribution >= 4 is 9.84 Å². The molecule has 0 bridgehead atoms. The monoisotopic (exact) mass is 287 g/mol. The van der Waals surface area contributed by atoms with Crippen LogP contribution < -0.4 is 5.32 Å². The molecule has 0 aromatic heterocycles. The van der Waals surface area contributed by atoms with Gasteiger partial charge in [-0.15, -0.1) is 0 Å². The molecule has 0 aromatic rings. The molecule has 2 aliphatic rings. The molecule has 2 fully saturated rings. The maximum atomic E-state index is 11.9. The Balaban J connectivity index is 1.88. The molecule has 2 aliphatic carbocycles. The van der Waals surface area contributed by atoms with Gasteiger partial charge in [-0.25, -0.2) is 8.42 Å². The van der Waals surface area contributed by atoms with E-state index in [9.17, 15) is 8.42 Å². The summed E-state index contributed by atoms with van der Waals surface area (Å²) in [6.45, 7) is 2.99. The molecule has 112 valence electrons. The lowest BCUT2D eigenvalue weighted by Gasteiger charge is -2.38. The number of nitrogens with one attached hydrogen (secondary N) is 1. The van der Waals surface area contributed by atoms with Gasteiger partial charge in [0.25, 0.3) is 0 Å². The average molecular weight is 287 g/mol. The van der Waals surface area contributed by atoms with E-state index >= 15 is 0 Å². The summed E-state index contributed by atoms with van der Waals surface area (Å²) in [6, 6.07) is 0.728. The number of hydrogen-bond acceptors (Lipinski definition) is 3. The van der Waals surface area contributed by atoms with Crippen LogP contribution in [0.3, 0.4) is 0 Å². The smallest absolute Gasteiger partial charge is 0.150 e. The second-order valence-corrected chi connectivity index (χ2v) is 8.92. The minimum Gasteiger partial charge on any atom is -0.313 e. The Bertz CT molecular complexity index is 368. The zero-order valence-electron chi connectivity index (χ0n) is 12.3. The largest absolute Gasteiger partial charge is 0.313 e. The van der Waals surface area contributed by atoms with Crippen molar-refractivity contribution < 1.29 is 8.42 Å². The van der Waals surface area contributed by atoms with Gasteiger partial charge in [0.1, 0.15) is 9.84 Å². The van der Waals surface area contributed by atoms with Crippen LogP contribution in [0.25, 0.3) is 0 Å². The highest BCUT2D eigenvalue weighted by atomic mass is 32.2. The lowest BCUT2D eigenvalue weighted by Crippen LogP contribution is -2.38. The minimum atomic E-state index is -2.82. The van der Waals surface area contributed by atoms with Crippen molar-refractivity contribution in [2.75, 3.05) is 18.1 Å². The van der Waals surface area contributed by atoms with Gasteiger partial charge in [-0.2, -0.15) is 0 Å². The zero-order chi connectivity index (χ0) is 13.8. The van der Waals surface area contributed by atoms with Crippen LogP contribution in [-0.4, -0.2) is 32.5 Å². The Kier molecular flexibility index (Phi) is 5.29. The Morgan fingerprint density at radius 3 is 2.37 bits per heavy atom. The first kappa shape index (κ1) is 15.3. The molecule has 2 rings (SSSR count). The molecule has 0 spiro atoms. The Morgan fingerprint density at radius 2 is 1.79 bits per heavy atom. The van der Waals surface area contributed by atoms with Crippen molar-refractivity contribution in [2.24, 2.45) is 5.41 Å². The number of hydrogen-bond donors (Lipinski definition) is 1. The first-order chi connectivity index (χ1) is 9.05. The van der Waals surface area contributed by atoms with Crippen LogP contribution in [0.4, 0.5) is 0 Å². The lowest BCUT2D eigenvalue weighted by atomic mass is 9.72. The molecule has 0 atom stereocenters. The van der Waals surface area contributed by atoms with Crippen LogP contribution in [0, 0.1) is 5.41 Å². The van der Waals surface area contributed by atoms with Gasteiger partial charge in [-0.1, -0.05) is 26.2 Å². The first-order valence-corrected chi connectivity index (χ1v) is 9.81. The Morgan fingerprint density at radius 1 is 1.11 bits per heavy atom. The quantitative estimate of drug-likeness (QED) is 0.746. The molecule has 0 aliphatic heterocycles. The van der Waals surface area contributed by atoms with Crippen molar-refractivity contribution in [2.45, 2.75) is 70.8 Å². The molecular formula is C15H29NO2S. The highest BCUT2D eigenvalue weighted by molar-refractivity contribution is 7.91. The van der Waals surface area contributed by atoms with E-state index in [2.05, 4.69) is 5.32 Å². The lowest BCUT2D eigenvalue weighted by molar-refractivity contribution is 0.175. The molecule has 3 nitrogen and oxygen atoms in total. The first-order valence-electron chi connectivity index (χ1n) is 7.99. The minimum absolute atomic E-state index is 0.266. The van der Waals surface area contributed by atoms with E-state index in [4.69, 9.17) is 0 Å². The summed E-state index contributed by atoms with van der Waals surface area (Å²) < 4.78 is 23.9. The highest BCUT2D eigenvalue weighted by Crippen LogP contribution is 2.39. The molecule has 0 radical (unpaired) electrons. The van der Waals surface area contributed by atoms with E-state index in [1.807, 2.05) is 6.92 Å². The van der Waals surface area contributed by atoms with E-state index in [0.29, 0.717) is 11.5 Å². The second-order valence-electron chi connectivity index (χ2n) is 6.62. The van der Waals surface area contributed by atoms with Crippen LogP contribution in [0.15, 0.2) is 0 Å². The van der Waals surface area contributed by atoms with Crippen LogP contribution in [0.2, 0.25) is 0 Å². The van der Waals surface area contributed by atoms with Crippen molar-refractivity contribution in [1.82, 2.24) is 5.32 Å². The van der Waals surface area contributed by atoms with Gasteiger partial charge in [0.15, 0.2) is 0 Å². The molecule has 1 N–H and O–H groups in total. The SMILES string of the molecule is CCCS(=O)(=O)CCC1(CNC2CC2)CCCCC1. The molecule has 0 unspecified atom stereocenters. The van der Waals surface area contributed by atoms with Gasteiger partial charge in [0, 0.05) is 18.3 Å². The topological polar surface area (TPSA) is 46.2 Å². The fourth-order valence-corrected chi connectivity index (χ4v) is 4.82. The van der Waals surface area contributed by atoms with Crippen LogP contribution in [0.5, 0.6) is 0 Å². The fraction of sp³-hybridized carbons (Fsp3) is 1.00. The van der Waals surface area contributed by atoms with E-state index in [1.165, 1.54) is 44.9 Å². The van der Waals surface area contributed by atoms with Gasteiger partial charge in [-0.05, 0) is 43.9 Å². The maximum absolute atomic E-state index is 11.9. The van der Waals surface area contributed by atoms with E-state index < -0.39 is 9.84 Å². The summed E-state index contributed by atoms with van der Waals surface area (Å²) in [7, 11) is -2.82. The van der Waals surface area contributed by atoms with Crippen molar-refractivity contribution in [3.8, 4) is 0 Å². The third-order valence-corrected chi connectivity index (χ3v) is 6.57. The summed E-state index contributed by atoms with van der Waals surface area (Å²) in [5, 5.41) is 3.64. The third-order valence-electron chi connectivity index (χ3n) is 4.72. The summed E-state index contributed by atoms with van der Waals surface area (Å²) >= 11 is 0. The van der Waals surface area contributed by atoms with Crippen LogP contribution in [0.1, 0.15) is 64.7 Å². The van der Waals surface area contributed by atoms with Crippen molar-refractivity contribution in [3.05, 3.63) is 0 Å². The summed E-state index contributed by atoms with van der Waals surface area (Å²) in [6.07, 6.45) is 10.6. The average Bonchev–Trinajstić information content (AvgIpc) is 3.20. The van der Waals surface area contributed by atoms with Gasteiger partial charge in [-0.3, -0.25) is 0 Å². The maximum Gasteiger partial charge on any atom is 0.150 e. The van der Waals surface area contributed by atoms with Gasteiger partial charge in [0.2, 0.25) is 0 Å². The Labute approximate surface area is 118 Å². The number of sulfone groups is 1. The second kappa shape index (κ2) is 6.57. The molecule has 0 amide bonds. The molecule has 0 heterocycles. The molecule has 0 saturated heterocycles. The highest BCUT2D eigenvalue weighted by Gasteiger charge is 2.34. The van der Waals surface area contributed by atoms with Crippen molar-refractivity contribution in [1.29, 1.82) is 0 Å². The molecule has 4 heteroatoms. The summed E-state index contributed by atoms with van der Waals surface area (Å²) in [5.74, 6) is 0.756. The molecule has 2 saturated carbocycles. The number of rotatable bonds is 8. The summed E-state index contributed by atoms with van der Waals surface area (Å²) in [5.41, 5.74) is 0.266. The Hall–Kier alpha value is -0.0900. The standard InChI is InChI=1S/C15H29NO2S/c1-2-11-19(17,18)12-10-15(8-4-3-5-9-15)13-16-14-6-7-14/h14,16H,2-13H2,1H3. The van der Waals surface area contributed by atoms with E-state index in [1.54, 1.807) is 0 Å². The molecule has 0 aromatic carbocycles. The fourth-order valence-electron chi connectivity index (χ4n) is 3.25. The predicted molar refractivity (Wildman–Crippen MR) is 80.1 cm³/mol. The zero-order valence-corrected chi connectivity index (χ0v) is 13.1. The molecular weight excluding hydrogens is 258 g/mol. The van der Waals surface area contributed by atoms with Crippen LogP contribution in [-0.2, 0) is 9.84 Å². The third kappa shape index (κ3) is 5.07. The van der Waals surface area contributed by atoms with E-state index in [-0.39, 0.29) is 5.41 Å². The predicted octanol–water partition coefficient (Wildman–Crippen LogP) is 2.90. The van der Waals surface area contributed by atoms with Crippen molar-refractivity contribution in [3.63, 3.8) is 0 Å². The summed E-state index contributed by atoms with van der Waals surface area (Å²) in [4.78, 5) is 0.